The van der Waals surface area contributed by atoms with Gasteiger partial charge in [-0.3, -0.25) is 0 Å². The molecule has 0 aliphatic heterocycles. The van der Waals surface area contributed by atoms with Crippen LogP contribution in [0.1, 0.15) is 6.42 Å². The largest absolute Gasteiger partial charge is 0.508 e. The number of phenolic OH excluding ortho intramolecular Hbond substituents is 1. The van der Waals surface area contributed by atoms with Crippen LogP contribution in [0.25, 0.3) is 0 Å². The van der Waals surface area contributed by atoms with Crippen LogP contribution in [0, 0.1) is 0 Å². The average molecular weight is 228 g/mol. The number of aliphatic hydroxyl groups is 1. The number of ether oxygens (including phenoxy) is 3. The Bertz CT molecular complexity index is 312. The molecule has 1 rings (SSSR count). The van der Waals surface area contributed by atoms with Crippen molar-refractivity contribution in [2.24, 2.45) is 0 Å². The summed E-state index contributed by atoms with van der Waals surface area (Å²) < 4.78 is 15.6. The lowest BCUT2D eigenvalue weighted by atomic mass is 10.2. The molecule has 0 amide bonds. The normalized spacial score (nSPS) is 9.94. The summed E-state index contributed by atoms with van der Waals surface area (Å²) in [4.78, 5) is 0. The first-order valence-electron chi connectivity index (χ1n) is 4.91. The fourth-order valence-electron chi connectivity index (χ4n) is 1.25. The number of benzene rings is 1. The summed E-state index contributed by atoms with van der Waals surface area (Å²) in [6.07, 6.45) is 0.521. The topological polar surface area (TPSA) is 68.2 Å². The van der Waals surface area contributed by atoms with E-state index in [1.807, 2.05) is 0 Å². The first kappa shape index (κ1) is 12.4. The van der Waals surface area contributed by atoms with E-state index in [2.05, 4.69) is 0 Å². The van der Waals surface area contributed by atoms with E-state index in [9.17, 15) is 5.11 Å². The zero-order valence-electron chi connectivity index (χ0n) is 9.40. The fraction of sp³-hybridized carbons (Fsp3) is 0.455. The molecule has 0 saturated heterocycles. The maximum atomic E-state index is 9.40. The fourth-order valence-corrected chi connectivity index (χ4v) is 1.25. The van der Waals surface area contributed by atoms with Gasteiger partial charge in [0.1, 0.15) is 5.75 Å². The molecule has 90 valence electrons. The quantitative estimate of drug-likeness (QED) is 0.715. The number of hydrogen-bond acceptors (Lipinski definition) is 5. The summed E-state index contributed by atoms with van der Waals surface area (Å²) in [6, 6.07) is 2.88. The molecule has 0 heterocycles. The number of methoxy groups -OCH3 is 2. The molecule has 0 saturated carbocycles. The van der Waals surface area contributed by atoms with Gasteiger partial charge in [0.05, 0.1) is 20.8 Å². The van der Waals surface area contributed by atoms with E-state index in [4.69, 9.17) is 19.3 Å². The molecule has 0 unspecified atom stereocenters. The molecule has 0 aliphatic rings. The summed E-state index contributed by atoms with van der Waals surface area (Å²) in [5, 5.41) is 18.1. The zero-order valence-corrected chi connectivity index (χ0v) is 9.40. The lowest BCUT2D eigenvalue weighted by Crippen LogP contribution is -2.03. The second-order valence-corrected chi connectivity index (χ2v) is 3.11. The highest BCUT2D eigenvalue weighted by atomic mass is 16.5. The highest BCUT2D eigenvalue weighted by Crippen LogP contribution is 2.40. The zero-order chi connectivity index (χ0) is 12.0. The molecule has 0 atom stereocenters. The molecule has 16 heavy (non-hydrogen) atoms. The minimum absolute atomic E-state index is 0.0446. The van der Waals surface area contributed by atoms with E-state index in [0.717, 1.165) is 0 Å². The lowest BCUT2D eigenvalue weighted by Gasteiger charge is -2.14. The van der Waals surface area contributed by atoms with Crippen LogP contribution in [-0.2, 0) is 0 Å². The van der Waals surface area contributed by atoms with Crippen molar-refractivity contribution < 1.29 is 24.4 Å². The van der Waals surface area contributed by atoms with Crippen molar-refractivity contribution in [3.8, 4) is 23.0 Å². The molecule has 1 aromatic carbocycles. The van der Waals surface area contributed by atoms with Crippen LogP contribution in [0.15, 0.2) is 12.1 Å². The maximum Gasteiger partial charge on any atom is 0.203 e. The number of rotatable bonds is 6. The van der Waals surface area contributed by atoms with Crippen LogP contribution >= 0.6 is 0 Å². The monoisotopic (exact) mass is 228 g/mol. The summed E-state index contributed by atoms with van der Waals surface area (Å²) in [5.41, 5.74) is 0. The molecule has 0 spiro atoms. The molecule has 0 bridgehead atoms. The average Bonchev–Trinajstić information content (AvgIpc) is 2.30. The van der Waals surface area contributed by atoms with Gasteiger partial charge in [0.2, 0.25) is 5.75 Å². The van der Waals surface area contributed by atoms with Gasteiger partial charge >= 0.3 is 0 Å². The molecule has 0 radical (unpaired) electrons. The van der Waals surface area contributed by atoms with Crippen LogP contribution in [-0.4, -0.2) is 37.6 Å². The first-order chi connectivity index (χ1) is 7.72. The predicted octanol–water partition coefficient (Wildman–Crippen LogP) is 1.17. The van der Waals surface area contributed by atoms with Gasteiger partial charge in [-0.2, -0.15) is 0 Å². The van der Waals surface area contributed by atoms with Crippen LogP contribution in [0.4, 0.5) is 0 Å². The molecular formula is C11H16O5. The maximum absolute atomic E-state index is 9.40. The Morgan fingerprint density at radius 2 is 1.69 bits per heavy atom. The van der Waals surface area contributed by atoms with Crippen LogP contribution in [0.2, 0.25) is 0 Å². The second-order valence-electron chi connectivity index (χ2n) is 3.11. The Balaban J connectivity index is 2.93. The first-order valence-corrected chi connectivity index (χ1v) is 4.91. The van der Waals surface area contributed by atoms with E-state index in [1.54, 1.807) is 0 Å². The molecule has 2 N–H and O–H groups in total. The van der Waals surface area contributed by atoms with Crippen molar-refractivity contribution in [3.63, 3.8) is 0 Å². The number of aromatic hydroxyl groups is 1. The van der Waals surface area contributed by atoms with E-state index in [0.29, 0.717) is 30.3 Å². The van der Waals surface area contributed by atoms with Gasteiger partial charge < -0.3 is 24.4 Å². The van der Waals surface area contributed by atoms with Crippen LogP contribution in [0.5, 0.6) is 23.0 Å². The summed E-state index contributed by atoms with van der Waals surface area (Å²) >= 11 is 0. The molecule has 0 fully saturated rings. The third-order valence-electron chi connectivity index (χ3n) is 1.99. The van der Waals surface area contributed by atoms with Crippen molar-refractivity contribution in [1.82, 2.24) is 0 Å². The van der Waals surface area contributed by atoms with Gasteiger partial charge in [-0.15, -0.1) is 0 Å². The van der Waals surface area contributed by atoms with E-state index < -0.39 is 0 Å². The van der Waals surface area contributed by atoms with Gasteiger partial charge in [-0.25, -0.2) is 0 Å². The Morgan fingerprint density at radius 1 is 1.12 bits per heavy atom. The predicted molar refractivity (Wildman–Crippen MR) is 58.4 cm³/mol. The number of phenols is 1. The molecule has 5 heteroatoms. The highest BCUT2D eigenvalue weighted by molar-refractivity contribution is 5.55. The Kier molecular flexibility index (Phi) is 4.72. The van der Waals surface area contributed by atoms with Gasteiger partial charge in [0.25, 0.3) is 0 Å². The Hall–Kier alpha value is -1.62. The smallest absolute Gasteiger partial charge is 0.203 e. The van der Waals surface area contributed by atoms with Gasteiger partial charge in [0, 0.05) is 25.2 Å². The van der Waals surface area contributed by atoms with Gasteiger partial charge in [-0.1, -0.05) is 0 Å². The van der Waals surface area contributed by atoms with Crippen molar-refractivity contribution in [3.05, 3.63) is 12.1 Å². The third-order valence-corrected chi connectivity index (χ3v) is 1.99. The number of hydrogen-bond donors (Lipinski definition) is 2. The highest BCUT2D eigenvalue weighted by Gasteiger charge is 2.13. The third kappa shape index (κ3) is 2.93. The van der Waals surface area contributed by atoms with Gasteiger partial charge in [0.15, 0.2) is 11.5 Å². The van der Waals surface area contributed by atoms with Crippen molar-refractivity contribution in [1.29, 1.82) is 0 Å². The van der Waals surface area contributed by atoms with E-state index >= 15 is 0 Å². The lowest BCUT2D eigenvalue weighted by molar-refractivity contribution is 0.221. The van der Waals surface area contributed by atoms with Gasteiger partial charge in [-0.05, 0) is 0 Å². The van der Waals surface area contributed by atoms with Crippen molar-refractivity contribution in [2.45, 2.75) is 6.42 Å². The summed E-state index contributed by atoms with van der Waals surface area (Å²) in [5.74, 6) is 1.27. The molecule has 5 nitrogen and oxygen atoms in total. The number of aliphatic hydroxyl groups excluding tert-OH is 1. The van der Waals surface area contributed by atoms with Crippen LogP contribution < -0.4 is 14.2 Å². The second kappa shape index (κ2) is 6.07. The standard InChI is InChI=1S/C11H16O5/c1-14-9-6-8(13)7-10(15-2)11(9)16-5-3-4-12/h6-7,12-13H,3-5H2,1-2H3. The van der Waals surface area contributed by atoms with Crippen molar-refractivity contribution >= 4 is 0 Å². The Morgan fingerprint density at radius 3 is 2.12 bits per heavy atom. The summed E-state index contributed by atoms with van der Waals surface area (Å²) in [6.45, 7) is 0.413. The van der Waals surface area contributed by atoms with Crippen LogP contribution in [0.3, 0.4) is 0 Å². The minimum Gasteiger partial charge on any atom is -0.508 e. The molecule has 0 aliphatic carbocycles. The minimum atomic E-state index is 0.0446. The Labute approximate surface area is 94.2 Å². The van der Waals surface area contributed by atoms with Crippen molar-refractivity contribution in [2.75, 3.05) is 27.4 Å². The van der Waals surface area contributed by atoms with E-state index in [1.165, 1.54) is 26.4 Å². The van der Waals surface area contributed by atoms with E-state index in [-0.39, 0.29) is 12.4 Å². The molecule has 0 aromatic heterocycles. The summed E-state index contributed by atoms with van der Waals surface area (Å²) in [7, 11) is 2.96. The molecule has 1 aromatic rings. The SMILES string of the molecule is COc1cc(O)cc(OC)c1OCCCO. The molecular weight excluding hydrogens is 212 g/mol.